The molecular formula is C18H13NO. The van der Waals surface area contributed by atoms with Gasteiger partial charge in [0, 0.05) is 16.8 Å². The van der Waals surface area contributed by atoms with E-state index in [1.165, 1.54) is 11.1 Å². The summed E-state index contributed by atoms with van der Waals surface area (Å²) >= 11 is 0. The van der Waals surface area contributed by atoms with Crippen molar-refractivity contribution in [2.45, 2.75) is 6.92 Å². The molecule has 0 fully saturated rings. The number of carbonyl (C=O) groups is 1. The van der Waals surface area contributed by atoms with E-state index in [0.29, 0.717) is 0 Å². The first-order valence-electron chi connectivity index (χ1n) is 6.67. The Bertz CT molecular complexity index is 812. The topological polar surface area (TPSA) is 29.1 Å². The first-order valence-corrected chi connectivity index (χ1v) is 6.67. The maximum atomic E-state index is 12.1. The second-order valence-electron chi connectivity index (χ2n) is 5.28. The normalized spacial score (nSPS) is 16.6. The SMILES string of the molecule is Cc1ccc2c(c1)/C(=C/c1ccc3c(c1)C=C3)C(=O)N2. The van der Waals surface area contributed by atoms with E-state index in [9.17, 15) is 4.79 Å². The van der Waals surface area contributed by atoms with Crippen molar-refractivity contribution in [3.05, 3.63) is 64.2 Å². The van der Waals surface area contributed by atoms with Crippen molar-refractivity contribution in [3.8, 4) is 0 Å². The molecule has 2 heteroatoms. The van der Waals surface area contributed by atoms with Gasteiger partial charge in [-0.15, -0.1) is 0 Å². The molecule has 96 valence electrons. The summed E-state index contributed by atoms with van der Waals surface area (Å²) in [5, 5.41) is 2.91. The van der Waals surface area contributed by atoms with Gasteiger partial charge in [0.15, 0.2) is 0 Å². The van der Waals surface area contributed by atoms with Crippen molar-refractivity contribution < 1.29 is 4.79 Å². The van der Waals surface area contributed by atoms with Crippen molar-refractivity contribution in [2.24, 2.45) is 0 Å². The van der Waals surface area contributed by atoms with E-state index in [2.05, 4.69) is 41.7 Å². The molecule has 0 unspecified atom stereocenters. The molecular weight excluding hydrogens is 246 g/mol. The van der Waals surface area contributed by atoms with Gasteiger partial charge < -0.3 is 5.32 Å². The number of carbonyl (C=O) groups excluding carboxylic acids is 1. The van der Waals surface area contributed by atoms with Crippen LogP contribution in [0, 0.1) is 6.92 Å². The summed E-state index contributed by atoms with van der Waals surface area (Å²) in [6.45, 7) is 2.04. The summed E-state index contributed by atoms with van der Waals surface area (Å²) in [6.07, 6.45) is 6.14. The van der Waals surface area contributed by atoms with E-state index in [1.54, 1.807) is 0 Å². The minimum atomic E-state index is -0.0242. The second kappa shape index (κ2) is 3.94. The summed E-state index contributed by atoms with van der Waals surface area (Å²) in [5.41, 5.74) is 7.36. The lowest BCUT2D eigenvalue weighted by Gasteiger charge is -2.10. The van der Waals surface area contributed by atoms with E-state index >= 15 is 0 Å². The van der Waals surface area contributed by atoms with Crippen LogP contribution in [0.15, 0.2) is 36.4 Å². The van der Waals surface area contributed by atoms with Crippen LogP contribution >= 0.6 is 0 Å². The quantitative estimate of drug-likeness (QED) is 0.658. The lowest BCUT2D eigenvalue weighted by Crippen LogP contribution is -2.03. The van der Waals surface area contributed by atoms with Gasteiger partial charge in [-0.2, -0.15) is 0 Å². The van der Waals surface area contributed by atoms with Crippen molar-refractivity contribution in [1.29, 1.82) is 0 Å². The monoisotopic (exact) mass is 259 g/mol. The highest BCUT2D eigenvalue weighted by atomic mass is 16.2. The molecule has 0 spiro atoms. The fourth-order valence-corrected chi connectivity index (χ4v) is 2.67. The average molecular weight is 259 g/mol. The van der Waals surface area contributed by atoms with E-state index in [-0.39, 0.29) is 5.91 Å². The predicted octanol–water partition coefficient (Wildman–Crippen LogP) is 3.97. The number of nitrogens with one attached hydrogen (secondary N) is 1. The van der Waals surface area contributed by atoms with Crippen molar-refractivity contribution in [1.82, 2.24) is 0 Å². The molecule has 0 bridgehead atoms. The predicted molar refractivity (Wildman–Crippen MR) is 83.0 cm³/mol. The van der Waals surface area contributed by atoms with E-state index in [0.717, 1.165) is 28.0 Å². The summed E-state index contributed by atoms with van der Waals surface area (Å²) in [7, 11) is 0. The molecule has 0 saturated carbocycles. The van der Waals surface area contributed by atoms with Crippen molar-refractivity contribution >= 4 is 35.4 Å². The third-order valence-electron chi connectivity index (χ3n) is 3.82. The number of hydrogen-bond donors (Lipinski definition) is 1. The number of anilines is 1. The van der Waals surface area contributed by atoms with Crippen molar-refractivity contribution in [3.63, 3.8) is 0 Å². The Hall–Kier alpha value is -2.61. The first kappa shape index (κ1) is 11.2. The molecule has 0 saturated heterocycles. The highest BCUT2D eigenvalue weighted by molar-refractivity contribution is 6.35. The zero-order chi connectivity index (χ0) is 13.7. The number of amides is 1. The lowest BCUT2D eigenvalue weighted by atomic mass is 9.94. The van der Waals surface area contributed by atoms with Crippen LogP contribution in [-0.4, -0.2) is 5.91 Å². The third-order valence-corrected chi connectivity index (χ3v) is 3.82. The fourth-order valence-electron chi connectivity index (χ4n) is 2.67. The zero-order valence-corrected chi connectivity index (χ0v) is 11.1. The van der Waals surface area contributed by atoms with Crippen LogP contribution in [0.1, 0.15) is 27.8 Å². The molecule has 0 radical (unpaired) electrons. The molecule has 2 nitrogen and oxygen atoms in total. The Morgan fingerprint density at radius 2 is 1.85 bits per heavy atom. The Kier molecular flexibility index (Phi) is 2.21. The van der Waals surface area contributed by atoms with Crippen LogP contribution in [-0.2, 0) is 4.79 Å². The highest BCUT2D eigenvalue weighted by Gasteiger charge is 2.23. The summed E-state index contributed by atoms with van der Waals surface area (Å²) < 4.78 is 0. The summed E-state index contributed by atoms with van der Waals surface area (Å²) in [4.78, 5) is 12.1. The maximum absolute atomic E-state index is 12.1. The molecule has 1 aliphatic carbocycles. The molecule has 0 atom stereocenters. The molecule has 0 aromatic heterocycles. The maximum Gasteiger partial charge on any atom is 0.256 e. The van der Waals surface area contributed by atoms with Gasteiger partial charge in [0.25, 0.3) is 5.91 Å². The molecule has 1 N–H and O–H groups in total. The van der Waals surface area contributed by atoms with Gasteiger partial charge in [-0.1, -0.05) is 35.9 Å². The van der Waals surface area contributed by atoms with Gasteiger partial charge in [0.05, 0.1) is 0 Å². The molecule has 1 aliphatic heterocycles. The van der Waals surface area contributed by atoms with Gasteiger partial charge in [0.2, 0.25) is 0 Å². The Morgan fingerprint density at radius 3 is 2.60 bits per heavy atom. The van der Waals surface area contributed by atoms with E-state index in [1.807, 2.05) is 25.1 Å². The van der Waals surface area contributed by atoms with Gasteiger partial charge in [-0.25, -0.2) is 0 Å². The van der Waals surface area contributed by atoms with Crippen LogP contribution in [0.25, 0.3) is 23.8 Å². The average Bonchev–Trinajstić information content (AvgIpc) is 2.69. The van der Waals surface area contributed by atoms with Crippen LogP contribution in [0.3, 0.4) is 0 Å². The molecule has 1 amide bonds. The van der Waals surface area contributed by atoms with Gasteiger partial charge in [0.1, 0.15) is 0 Å². The smallest absolute Gasteiger partial charge is 0.256 e. The molecule has 2 aromatic carbocycles. The lowest BCUT2D eigenvalue weighted by molar-refractivity contribution is -0.110. The minimum absolute atomic E-state index is 0.0242. The minimum Gasteiger partial charge on any atom is -0.321 e. The molecule has 1 heterocycles. The number of fused-ring (bicyclic) bond motifs is 2. The Morgan fingerprint density at radius 1 is 1.00 bits per heavy atom. The first-order chi connectivity index (χ1) is 9.70. The fraction of sp³-hybridized carbons (Fsp3) is 0.0556. The van der Waals surface area contributed by atoms with Crippen LogP contribution < -0.4 is 5.32 Å². The van der Waals surface area contributed by atoms with Gasteiger partial charge >= 0.3 is 0 Å². The van der Waals surface area contributed by atoms with E-state index < -0.39 is 0 Å². The Labute approximate surface area is 117 Å². The van der Waals surface area contributed by atoms with Crippen LogP contribution in [0.4, 0.5) is 5.69 Å². The zero-order valence-electron chi connectivity index (χ0n) is 11.1. The molecule has 4 rings (SSSR count). The van der Waals surface area contributed by atoms with Gasteiger partial charge in [-0.3, -0.25) is 4.79 Å². The third kappa shape index (κ3) is 1.62. The molecule has 2 aromatic rings. The highest BCUT2D eigenvalue weighted by Crippen LogP contribution is 2.34. The number of benzene rings is 2. The van der Waals surface area contributed by atoms with Crippen molar-refractivity contribution in [2.75, 3.05) is 5.32 Å². The van der Waals surface area contributed by atoms with E-state index in [4.69, 9.17) is 0 Å². The largest absolute Gasteiger partial charge is 0.321 e. The number of hydrogen-bond acceptors (Lipinski definition) is 1. The van der Waals surface area contributed by atoms with Crippen LogP contribution in [0.5, 0.6) is 0 Å². The number of aryl methyl sites for hydroxylation is 1. The van der Waals surface area contributed by atoms with Crippen LogP contribution in [0.2, 0.25) is 0 Å². The molecule has 2 aliphatic rings. The summed E-state index contributed by atoms with van der Waals surface area (Å²) in [6, 6.07) is 12.3. The Balaban J connectivity index is 1.82. The summed E-state index contributed by atoms with van der Waals surface area (Å²) in [5.74, 6) is -0.0242. The molecule has 20 heavy (non-hydrogen) atoms. The van der Waals surface area contributed by atoms with Gasteiger partial charge in [-0.05, 0) is 47.9 Å². The number of rotatable bonds is 1. The second-order valence-corrected chi connectivity index (χ2v) is 5.28. The standard InChI is InChI=1S/C18H13NO/c1-11-2-7-17-15(8-11)16(18(20)19-17)10-12-3-4-13-5-6-14(13)9-12/h2-10H,1H3,(H,19,20)/b16-10-.